The topological polar surface area (TPSA) is 33.5 Å². The number of amides is 1. The summed E-state index contributed by atoms with van der Waals surface area (Å²) in [5.74, 6) is 1.28. The second kappa shape index (κ2) is 7.18. The van der Waals surface area contributed by atoms with E-state index < -0.39 is 0 Å². The molecule has 1 saturated heterocycles. The molecule has 2 heterocycles. The Balaban J connectivity index is 1.62. The van der Waals surface area contributed by atoms with Gasteiger partial charge in [0, 0.05) is 11.6 Å². The van der Waals surface area contributed by atoms with Crippen molar-refractivity contribution in [2.75, 3.05) is 4.90 Å². The summed E-state index contributed by atoms with van der Waals surface area (Å²) in [7, 11) is 0. The number of nitrogens with zero attached hydrogens (tertiary/aromatic N) is 1. The summed E-state index contributed by atoms with van der Waals surface area (Å²) in [6.45, 7) is 4.07. The lowest BCUT2D eigenvalue weighted by Gasteiger charge is -2.15. The summed E-state index contributed by atoms with van der Waals surface area (Å²) in [6.07, 6.45) is 1.76. The van der Waals surface area contributed by atoms with Gasteiger partial charge in [-0.25, -0.2) is 0 Å². The van der Waals surface area contributed by atoms with Crippen molar-refractivity contribution >= 4 is 46.0 Å². The van der Waals surface area contributed by atoms with E-state index >= 15 is 0 Å². The SMILES string of the molecule is Cc1ccc(N2C(=O)C(=Cc3ccc(-c4ccccc4)o3)SC2=S)cc1C. The molecule has 4 rings (SSSR count). The zero-order valence-electron chi connectivity index (χ0n) is 14.9. The smallest absolute Gasteiger partial charge is 0.270 e. The van der Waals surface area contributed by atoms with Crippen LogP contribution in [-0.2, 0) is 4.79 Å². The van der Waals surface area contributed by atoms with Crippen LogP contribution in [0.3, 0.4) is 0 Å². The van der Waals surface area contributed by atoms with Gasteiger partial charge in [-0.1, -0.05) is 60.4 Å². The molecule has 0 unspecified atom stereocenters. The van der Waals surface area contributed by atoms with Crippen LogP contribution in [0.2, 0.25) is 0 Å². The highest BCUT2D eigenvalue weighted by molar-refractivity contribution is 8.27. The monoisotopic (exact) mass is 391 g/mol. The number of furan rings is 1. The number of carbonyl (C=O) groups excluding carboxylic acids is 1. The molecule has 27 heavy (non-hydrogen) atoms. The van der Waals surface area contributed by atoms with E-state index in [0.29, 0.717) is 15.0 Å². The Morgan fingerprint density at radius 2 is 1.78 bits per heavy atom. The molecule has 1 amide bonds. The van der Waals surface area contributed by atoms with Gasteiger partial charge in [0.15, 0.2) is 4.32 Å². The van der Waals surface area contributed by atoms with Crippen molar-refractivity contribution in [2.24, 2.45) is 0 Å². The molecular weight excluding hydrogens is 374 g/mol. The van der Waals surface area contributed by atoms with Gasteiger partial charge in [-0.05, 0) is 49.2 Å². The average Bonchev–Trinajstić information content (AvgIpc) is 3.23. The van der Waals surface area contributed by atoms with Gasteiger partial charge in [-0.2, -0.15) is 0 Å². The number of hydrogen-bond donors (Lipinski definition) is 0. The Labute approximate surface area is 167 Å². The van der Waals surface area contributed by atoms with Crippen LogP contribution in [0.25, 0.3) is 17.4 Å². The van der Waals surface area contributed by atoms with E-state index in [0.717, 1.165) is 22.6 Å². The molecule has 1 aliphatic heterocycles. The van der Waals surface area contributed by atoms with Crippen molar-refractivity contribution in [1.82, 2.24) is 0 Å². The van der Waals surface area contributed by atoms with Crippen molar-refractivity contribution in [3.8, 4) is 11.3 Å². The Bertz CT molecular complexity index is 1070. The molecule has 3 nitrogen and oxygen atoms in total. The van der Waals surface area contributed by atoms with Crippen LogP contribution in [0, 0.1) is 13.8 Å². The van der Waals surface area contributed by atoms with Gasteiger partial charge in [0.2, 0.25) is 0 Å². The molecule has 0 saturated carbocycles. The minimum atomic E-state index is -0.120. The second-order valence-electron chi connectivity index (χ2n) is 6.35. The maximum absolute atomic E-state index is 12.9. The Kier molecular flexibility index (Phi) is 4.72. The molecule has 0 aliphatic carbocycles. The minimum Gasteiger partial charge on any atom is -0.457 e. The average molecular weight is 392 g/mol. The first-order chi connectivity index (χ1) is 13.0. The molecule has 0 N–H and O–H groups in total. The van der Waals surface area contributed by atoms with E-state index in [2.05, 4.69) is 0 Å². The summed E-state index contributed by atoms with van der Waals surface area (Å²) in [5, 5.41) is 0. The van der Waals surface area contributed by atoms with Crippen molar-refractivity contribution < 1.29 is 9.21 Å². The molecule has 0 atom stereocenters. The predicted molar refractivity (Wildman–Crippen MR) is 116 cm³/mol. The Hall–Kier alpha value is -2.63. The maximum Gasteiger partial charge on any atom is 0.270 e. The lowest BCUT2D eigenvalue weighted by Crippen LogP contribution is -2.27. The fourth-order valence-corrected chi connectivity index (χ4v) is 4.15. The van der Waals surface area contributed by atoms with Crippen molar-refractivity contribution in [2.45, 2.75) is 13.8 Å². The number of benzene rings is 2. The van der Waals surface area contributed by atoms with E-state index in [1.807, 2.05) is 74.5 Å². The zero-order valence-corrected chi connectivity index (χ0v) is 16.6. The second-order valence-corrected chi connectivity index (χ2v) is 8.03. The van der Waals surface area contributed by atoms with Crippen molar-refractivity contribution in [3.63, 3.8) is 0 Å². The third kappa shape index (κ3) is 3.48. The van der Waals surface area contributed by atoms with Crippen LogP contribution in [0.1, 0.15) is 16.9 Å². The molecule has 1 aliphatic rings. The first-order valence-corrected chi connectivity index (χ1v) is 9.76. The quantitative estimate of drug-likeness (QED) is 0.407. The highest BCUT2D eigenvalue weighted by atomic mass is 32.2. The Morgan fingerprint density at radius 3 is 2.52 bits per heavy atom. The van der Waals surface area contributed by atoms with Crippen LogP contribution in [0.4, 0.5) is 5.69 Å². The Morgan fingerprint density at radius 1 is 1.00 bits per heavy atom. The summed E-state index contributed by atoms with van der Waals surface area (Å²) in [6, 6.07) is 19.6. The molecule has 0 radical (unpaired) electrons. The van der Waals surface area contributed by atoms with Gasteiger partial charge < -0.3 is 4.42 Å². The van der Waals surface area contributed by atoms with Gasteiger partial charge in [-0.3, -0.25) is 9.69 Å². The molecule has 2 aromatic carbocycles. The fourth-order valence-electron chi connectivity index (χ4n) is 2.87. The van der Waals surface area contributed by atoms with E-state index in [1.54, 1.807) is 11.0 Å². The van der Waals surface area contributed by atoms with Gasteiger partial charge in [-0.15, -0.1) is 0 Å². The van der Waals surface area contributed by atoms with E-state index in [1.165, 1.54) is 17.3 Å². The van der Waals surface area contributed by atoms with Crippen LogP contribution in [-0.4, -0.2) is 10.2 Å². The fraction of sp³-hybridized carbons (Fsp3) is 0.0909. The van der Waals surface area contributed by atoms with E-state index in [9.17, 15) is 4.79 Å². The molecule has 1 fully saturated rings. The summed E-state index contributed by atoms with van der Waals surface area (Å²) < 4.78 is 6.42. The van der Waals surface area contributed by atoms with Crippen LogP contribution in [0.5, 0.6) is 0 Å². The summed E-state index contributed by atoms with van der Waals surface area (Å²) in [4.78, 5) is 15.0. The lowest BCUT2D eigenvalue weighted by molar-refractivity contribution is -0.113. The van der Waals surface area contributed by atoms with Crippen LogP contribution < -0.4 is 4.90 Å². The standard InChI is InChI=1S/C22H17NO2S2/c1-14-8-9-17(12-15(14)2)23-21(24)20(27-22(23)26)13-18-10-11-19(25-18)16-6-4-3-5-7-16/h3-13H,1-2H3. The van der Waals surface area contributed by atoms with Crippen molar-refractivity contribution in [3.05, 3.63) is 82.5 Å². The van der Waals surface area contributed by atoms with E-state index in [4.69, 9.17) is 16.6 Å². The number of hydrogen-bond acceptors (Lipinski definition) is 4. The molecule has 0 spiro atoms. The number of thioether (sulfide) groups is 1. The van der Waals surface area contributed by atoms with Gasteiger partial charge >= 0.3 is 0 Å². The molecule has 0 bridgehead atoms. The maximum atomic E-state index is 12.9. The highest BCUT2D eigenvalue weighted by Gasteiger charge is 2.33. The summed E-state index contributed by atoms with van der Waals surface area (Å²) >= 11 is 6.74. The molecule has 1 aromatic heterocycles. The number of anilines is 1. The number of rotatable bonds is 3. The highest BCUT2D eigenvalue weighted by Crippen LogP contribution is 2.37. The lowest BCUT2D eigenvalue weighted by atomic mass is 10.1. The number of thiocarbonyl (C=S) groups is 1. The summed E-state index contributed by atoms with van der Waals surface area (Å²) in [5.41, 5.74) is 4.11. The van der Waals surface area contributed by atoms with Gasteiger partial charge in [0.25, 0.3) is 5.91 Å². The van der Waals surface area contributed by atoms with E-state index in [-0.39, 0.29) is 5.91 Å². The molecular formula is C22H17NO2S2. The first kappa shape index (κ1) is 17.8. The molecule has 3 aromatic rings. The third-order valence-electron chi connectivity index (χ3n) is 4.50. The van der Waals surface area contributed by atoms with Gasteiger partial charge in [0.1, 0.15) is 11.5 Å². The van der Waals surface area contributed by atoms with Crippen LogP contribution >= 0.6 is 24.0 Å². The minimum absolute atomic E-state index is 0.120. The first-order valence-electron chi connectivity index (χ1n) is 8.53. The molecule has 5 heteroatoms. The van der Waals surface area contributed by atoms with Crippen molar-refractivity contribution in [1.29, 1.82) is 0 Å². The largest absolute Gasteiger partial charge is 0.457 e. The number of aryl methyl sites for hydroxylation is 2. The van der Waals surface area contributed by atoms with Gasteiger partial charge in [0.05, 0.1) is 10.6 Å². The normalized spacial score (nSPS) is 15.8. The third-order valence-corrected chi connectivity index (χ3v) is 5.80. The zero-order chi connectivity index (χ0) is 19.0. The molecule has 134 valence electrons. The van der Waals surface area contributed by atoms with Crippen LogP contribution in [0.15, 0.2) is 70.0 Å². The number of carbonyl (C=O) groups is 1. The predicted octanol–water partition coefficient (Wildman–Crippen LogP) is 5.97.